The minimum atomic E-state index is -3.58. The number of nitrogens with two attached hydrogens (primary N) is 2. The zero-order valence-corrected chi connectivity index (χ0v) is 10.8. The molecule has 1 rings (SSSR count). The SMILES string of the molecule is C=C(C)C(=O)Cl.Nc1ccc(S(N)(=O)=O)cc1. The molecule has 0 unspecified atom stereocenters. The summed E-state index contributed by atoms with van der Waals surface area (Å²) in [5.74, 6) is 0. The summed E-state index contributed by atoms with van der Waals surface area (Å²) in [4.78, 5) is 9.89. The molecule has 0 spiro atoms. The molecule has 0 bridgehead atoms. The molecule has 0 aromatic heterocycles. The second kappa shape index (κ2) is 6.39. The Morgan fingerprint density at radius 1 is 1.29 bits per heavy atom. The molecular weight excluding hydrogens is 264 g/mol. The van der Waals surface area contributed by atoms with Crippen LogP contribution in [-0.4, -0.2) is 13.7 Å². The molecule has 0 atom stereocenters. The lowest BCUT2D eigenvalue weighted by atomic mass is 10.3. The zero-order valence-electron chi connectivity index (χ0n) is 9.18. The number of hydrogen-bond donors (Lipinski definition) is 2. The van der Waals surface area contributed by atoms with Crippen LogP contribution in [0.5, 0.6) is 0 Å². The number of halogens is 1. The average molecular weight is 277 g/mol. The van der Waals surface area contributed by atoms with Crippen LogP contribution >= 0.6 is 11.6 Å². The van der Waals surface area contributed by atoms with Gasteiger partial charge in [-0.15, -0.1) is 0 Å². The van der Waals surface area contributed by atoms with Gasteiger partial charge in [-0.1, -0.05) is 6.58 Å². The van der Waals surface area contributed by atoms with Gasteiger partial charge in [0.1, 0.15) is 0 Å². The van der Waals surface area contributed by atoms with Gasteiger partial charge in [-0.25, -0.2) is 13.6 Å². The minimum absolute atomic E-state index is 0.0756. The largest absolute Gasteiger partial charge is 0.399 e. The Morgan fingerprint density at radius 2 is 1.65 bits per heavy atom. The molecule has 17 heavy (non-hydrogen) atoms. The number of hydrogen-bond acceptors (Lipinski definition) is 4. The fourth-order valence-electron chi connectivity index (χ4n) is 0.658. The van der Waals surface area contributed by atoms with E-state index >= 15 is 0 Å². The minimum Gasteiger partial charge on any atom is -0.399 e. The average Bonchev–Trinajstić information content (AvgIpc) is 2.17. The van der Waals surface area contributed by atoms with E-state index in [2.05, 4.69) is 6.58 Å². The summed E-state index contributed by atoms with van der Waals surface area (Å²) in [5, 5.41) is 4.38. The van der Waals surface area contributed by atoms with Crippen molar-refractivity contribution in [1.82, 2.24) is 0 Å². The van der Waals surface area contributed by atoms with Gasteiger partial charge in [-0.05, 0) is 42.8 Å². The highest BCUT2D eigenvalue weighted by molar-refractivity contribution is 7.89. The fourth-order valence-corrected chi connectivity index (χ4v) is 1.17. The molecule has 94 valence electrons. The van der Waals surface area contributed by atoms with Gasteiger partial charge >= 0.3 is 0 Å². The standard InChI is InChI=1S/C6H8N2O2S.C4H5ClO/c7-5-1-3-6(4-2-5)11(8,9)10;1-3(2)4(5)6/h1-4H,7H2,(H2,8,9,10);1H2,2H3. The number of carbonyl (C=O) groups is 1. The Hall–Kier alpha value is -1.37. The maximum Gasteiger partial charge on any atom is 0.247 e. The summed E-state index contributed by atoms with van der Waals surface area (Å²) in [6, 6.07) is 5.70. The Bertz CT molecular complexity index is 497. The van der Waals surface area contributed by atoms with E-state index in [1.54, 1.807) is 6.92 Å². The smallest absolute Gasteiger partial charge is 0.247 e. The first-order valence-electron chi connectivity index (χ1n) is 4.38. The second-order valence-corrected chi connectivity index (χ2v) is 5.07. The Balaban J connectivity index is 0.000000366. The molecule has 0 heterocycles. The topological polar surface area (TPSA) is 103 Å². The molecule has 5 nitrogen and oxygen atoms in total. The molecule has 1 aromatic rings. The van der Waals surface area contributed by atoms with Crippen LogP contribution in [0, 0.1) is 0 Å². The predicted octanol–water partition coefficient (Wildman–Crippen LogP) is 1.24. The predicted molar refractivity (Wildman–Crippen MR) is 67.9 cm³/mol. The maximum absolute atomic E-state index is 10.7. The third kappa shape index (κ3) is 6.72. The summed E-state index contributed by atoms with van der Waals surface area (Å²) in [7, 11) is -3.58. The molecule has 0 saturated carbocycles. The molecule has 7 heteroatoms. The van der Waals surface area contributed by atoms with E-state index in [4.69, 9.17) is 22.5 Å². The van der Waals surface area contributed by atoms with Crippen molar-refractivity contribution >= 4 is 32.6 Å². The molecule has 0 aliphatic rings. The second-order valence-electron chi connectivity index (χ2n) is 3.17. The van der Waals surface area contributed by atoms with Gasteiger partial charge in [0, 0.05) is 11.3 Å². The lowest BCUT2D eigenvalue weighted by Crippen LogP contribution is -2.11. The molecule has 0 radical (unpaired) electrons. The van der Waals surface area contributed by atoms with Crippen molar-refractivity contribution in [2.45, 2.75) is 11.8 Å². The van der Waals surface area contributed by atoms with Crippen molar-refractivity contribution in [2.75, 3.05) is 5.73 Å². The normalized spacial score (nSPS) is 10.1. The molecule has 4 N–H and O–H groups in total. The van der Waals surface area contributed by atoms with Gasteiger partial charge in [0.25, 0.3) is 0 Å². The Kier molecular flexibility index (Phi) is 5.87. The van der Waals surface area contributed by atoms with Gasteiger partial charge in [-0.2, -0.15) is 0 Å². The lowest BCUT2D eigenvalue weighted by Gasteiger charge is -1.96. The number of nitrogen functional groups attached to an aromatic ring is 1. The Labute approximate surface area is 105 Å². The van der Waals surface area contributed by atoms with Crippen LogP contribution in [0.2, 0.25) is 0 Å². The van der Waals surface area contributed by atoms with Crippen LogP contribution < -0.4 is 10.9 Å². The van der Waals surface area contributed by atoms with Crippen LogP contribution in [0.1, 0.15) is 6.92 Å². The molecule has 0 aliphatic heterocycles. The van der Waals surface area contributed by atoms with Crippen molar-refractivity contribution < 1.29 is 13.2 Å². The zero-order chi connectivity index (χ0) is 13.6. The van der Waals surface area contributed by atoms with E-state index in [1.807, 2.05) is 0 Å². The first-order chi connectivity index (χ1) is 7.64. The van der Waals surface area contributed by atoms with Gasteiger partial charge < -0.3 is 5.73 Å². The number of carbonyl (C=O) groups excluding carboxylic acids is 1. The summed E-state index contributed by atoms with van der Waals surface area (Å²) in [6.45, 7) is 4.84. The van der Waals surface area contributed by atoms with Crippen LogP contribution in [0.3, 0.4) is 0 Å². The molecular formula is C10H13ClN2O3S. The van der Waals surface area contributed by atoms with Gasteiger partial charge in [0.2, 0.25) is 15.3 Å². The summed E-state index contributed by atoms with van der Waals surface area (Å²) < 4.78 is 21.4. The third-order valence-corrected chi connectivity index (χ3v) is 2.80. The summed E-state index contributed by atoms with van der Waals surface area (Å²) >= 11 is 4.87. The van der Waals surface area contributed by atoms with E-state index in [0.29, 0.717) is 11.3 Å². The number of benzene rings is 1. The third-order valence-electron chi connectivity index (χ3n) is 1.54. The highest BCUT2D eigenvalue weighted by Gasteiger charge is 2.04. The van der Waals surface area contributed by atoms with Gasteiger partial charge in [-0.3, -0.25) is 4.79 Å². The van der Waals surface area contributed by atoms with Crippen LogP contribution in [0.15, 0.2) is 41.3 Å². The first-order valence-corrected chi connectivity index (χ1v) is 6.30. The van der Waals surface area contributed by atoms with Crippen molar-refractivity contribution in [2.24, 2.45) is 5.14 Å². The first kappa shape index (κ1) is 15.6. The number of sulfonamides is 1. The van der Waals surface area contributed by atoms with Crippen molar-refractivity contribution in [3.8, 4) is 0 Å². The monoisotopic (exact) mass is 276 g/mol. The van der Waals surface area contributed by atoms with E-state index in [9.17, 15) is 13.2 Å². The van der Waals surface area contributed by atoms with Crippen LogP contribution in [-0.2, 0) is 14.8 Å². The molecule has 0 amide bonds. The highest BCUT2D eigenvalue weighted by Crippen LogP contribution is 2.08. The van der Waals surface area contributed by atoms with E-state index in [-0.39, 0.29) is 4.90 Å². The molecule has 0 fully saturated rings. The van der Waals surface area contributed by atoms with Crippen LogP contribution in [0.25, 0.3) is 0 Å². The number of primary sulfonamides is 1. The number of allylic oxidation sites excluding steroid dienone is 1. The van der Waals surface area contributed by atoms with E-state index in [0.717, 1.165) is 0 Å². The summed E-state index contributed by atoms with van der Waals surface area (Å²) in [6.07, 6.45) is 0. The highest BCUT2D eigenvalue weighted by atomic mass is 35.5. The van der Waals surface area contributed by atoms with E-state index in [1.165, 1.54) is 24.3 Å². The maximum atomic E-state index is 10.7. The number of rotatable bonds is 2. The summed E-state index contributed by atoms with van der Waals surface area (Å²) in [5.41, 5.74) is 6.23. The molecule has 1 aromatic carbocycles. The molecule has 0 aliphatic carbocycles. The van der Waals surface area contributed by atoms with Gasteiger partial charge in [0.15, 0.2) is 0 Å². The fraction of sp³-hybridized carbons (Fsp3) is 0.100. The quantitative estimate of drug-likeness (QED) is 0.482. The van der Waals surface area contributed by atoms with Crippen molar-refractivity contribution in [1.29, 1.82) is 0 Å². The van der Waals surface area contributed by atoms with Crippen molar-refractivity contribution in [3.63, 3.8) is 0 Å². The number of anilines is 1. The molecule has 0 saturated heterocycles. The van der Waals surface area contributed by atoms with E-state index < -0.39 is 15.3 Å². The van der Waals surface area contributed by atoms with Crippen LogP contribution in [0.4, 0.5) is 5.69 Å². The lowest BCUT2D eigenvalue weighted by molar-refractivity contribution is -0.108. The van der Waals surface area contributed by atoms with Gasteiger partial charge in [0.05, 0.1) is 4.90 Å². The van der Waals surface area contributed by atoms with Crippen molar-refractivity contribution in [3.05, 3.63) is 36.4 Å². The Morgan fingerprint density at radius 3 is 1.88 bits per heavy atom.